The molecule has 0 radical (unpaired) electrons. The van der Waals surface area contributed by atoms with E-state index >= 15 is 0 Å². The maximum atomic E-state index is 11.6. The van der Waals surface area contributed by atoms with Gasteiger partial charge in [-0.3, -0.25) is 4.79 Å². The summed E-state index contributed by atoms with van der Waals surface area (Å²) < 4.78 is 0. The largest absolute Gasteiger partial charge is 0.504 e. The van der Waals surface area contributed by atoms with Gasteiger partial charge in [0.25, 0.3) is 0 Å². The molecule has 0 spiro atoms. The molecule has 2 N–H and O–H groups in total. The van der Waals surface area contributed by atoms with Gasteiger partial charge in [0, 0.05) is 5.56 Å². The lowest BCUT2D eigenvalue weighted by Crippen LogP contribution is -2.12. The number of carbonyl (C=O) groups excluding carboxylic acids is 1. The highest BCUT2D eigenvalue weighted by Gasteiger charge is 2.15. The normalized spacial score (nSPS) is 12.4. The van der Waals surface area contributed by atoms with E-state index in [0.29, 0.717) is 12.0 Å². The third-order valence-electron chi connectivity index (χ3n) is 1.90. The molecular formula is C10H11BrO3. The third kappa shape index (κ3) is 2.26. The van der Waals surface area contributed by atoms with Gasteiger partial charge in [-0.25, -0.2) is 0 Å². The molecule has 1 aromatic rings. The Labute approximate surface area is 90.5 Å². The first-order valence-electron chi connectivity index (χ1n) is 4.26. The Balaban J connectivity index is 2.97. The lowest BCUT2D eigenvalue weighted by molar-refractivity contribution is 0.0990. The summed E-state index contributed by atoms with van der Waals surface area (Å²) in [7, 11) is 0. The molecule has 0 aliphatic carbocycles. The fourth-order valence-corrected chi connectivity index (χ4v) is 1.31. The van der Waals surface area contributed by atoms with Crippen molar-refractivity contribution in [1.29, 1.82) is 0 Å². The van der Waals surface area contributed by atoms with Crippen molar-refractivity contribution >= 4 is 21.7 Å². The highest BCUT2D eigenvalue weighted by Crippen LogP contribution is 2.26. The van der Waals surface area contributed by atoms with Gasteiger partial charge in [-0.2, -0.15) is 0 Å². The van der Waals surface area contributed by atoms with Crippen LogP contribution in [0.4, 0.5) is 0 Å². The number of hydrogen-bond acceptors (Lipinski definition) is 3. The summed E-state index contributed by atoms with van der Waals surface area (Å²) >= 11 is 3.23. The SMILES string of the molecule is CCC(Br)C(=O)c1ccc(O)c(O)c1. The van der Waals surface area contributed by atoms with Crippen molar-refractivity contribution in [2.75, 3.05) is 0 Å². The zero-order valence-corrected chi connectivity index (χ0v) is 9.28. The van der Waals surface area contributed by atoms with Gasteiger partial charge in [0.05, 0.1) is 4.83 Å². The van der Waals surface area contributed by atoms with Crippen LogP contribution in [-0.4, -0.2) is 20.8 Å². The topological polar surface area (TPSA) is 57.5 Å². The van der Waals surface area contributed by atoms with Crippen LogP contribution in [0.1, 0.15) is 23.7 Å². The Bertz CT molecular complexity index is 349. The summed E-state index contributed by atoms with van der Waals surface area (Å²) in [5.74, 6) is -0.585. The highest BCUT2D eigenvalue weighted by atomic mass is 79.9. The van der Waals surface area contributed by atoms with Gasteiger partial charge in [0.15, 0.2) is 17.3 Å². The van der Waals surface area contributed by atoms with Gasteiger partial charge in [-0.1, -0.05) is 22.9 Å². The van der Waals surface area contributed by atoms with E-state index in [-0.39, 0.29) is 22.1 Å². The van der Waals surface area contributed by atoms with Crippen LogP contribution in [0.5, 0.6) is 11.5 Å². The molecule has 3 nitrogen and oxygen atoms in total. The monoisotopic (exact) mass is 258 g/mol. The molecule has 1 aromatic carbocycles. The summed E-state index contributed by atoms with van der Waals surface area (Å²) in [5, 5.41) is 18.2. The van der Waals surface area contributed by atoms with Crippen molar-refractivity contribution in [3.05, 3.63) is 23.8 Å². The lowest BCUT2D eigenvalue weighted by Gasteiger charge is -2.06. The first-order valence-corrected chi connectivity index (χ1v) is 5.18. The van der Waals surface area contributed by atoms with E-state index < -0.39 is 0 Å². The molecule has 14 heavy (non-hydrogen) atoms. The van der Waals surface area contributed by atoms with E-state index in [4.69, 9.17) is 5.11 Å². The number of benzene rings is 1. The summed E-state index contributed by atoms with van der Waals surface area (Å²) in [6, 6.07) is 4.06. The molecule has 0 saturated carbocycles. The van der Waals surface area contributed by atoms with Gasteiger partial charge in [0.2, 0.25) is 0 Å². The Morgan fingerprint density at radius 1 is 1.43 bits per heavy atom. The van der Waals surface area contributed by atoms with Crippen LogP contribution in [0.15, 0.2) is 18.2 Å². The van der Waals surface area contributed by atoms with Gasteiger partial charge in [-0.05, 0) is 24.6 Å². The third-order valence-corrected chi connectivity index (χ3v) is 2.97. The van der Waals surface area contributed by atoms with E-state index in [1.807, 2.05) is 6.92 Å². The summed E-state index contributed by atoms with van der Waals surface area (Å²) in [5.41, 5.74) is 0.393. The van der Waals surface area contributed by atoms with E-state index in [9.17, 15) is 9.90 Å². The Kier molecular flexibility index (Phi) is 3.52. The molecule has 0 saturated heterocycles. The van der Waals surface area contributed by atoms with Crippen molar-refractivity contribution in [2.45, 2.75) is 18.2 Å². The van der Waals surface area contributed by atoms with Crippen LogP contribution in [0.3, 0.4) is 0 Å². The number of aromatic hydroxyl groups is 2. The molecule has 0 aliphatic rings. The highest BCUT2D eigenvalue weighted by molar-refractivity contribution is 9.10. The smallest absolute Gasteiger partial charge is 0.176 e. The molecule has 1 atom stereocenters. The predicted molar refractivity (Wildman–Crippen MR) is 57.1 cm³/mol. The zero-order valence-electron chi connectivity index (χ0n) is 7.70. The van der Waals surface area contributed by atoms with E-state index in [2.05, 4.69) is 15.9 Å². The first-order chi connectivity index (χ1) is 6.56. The van der Waals surface area contributed by atoms with Crippen molar-refractivity contribution in [3.8, 4) is 11.5 Å². The van der Waals surface area contributed by atoms with Crippen LogP contribution in [0.25, 0.3) is 0 Å². The van der Waals surface area contributed by atoms with Crippen molar-refractivity contribution in [2.24, 2.45) is 0 Å². The van der Waals surface area contributed by atoms with Gasteiger partial charge < -0.3 is 10.2 Å². The number of Topliss-reactive ketones (excluding diaryl/α,β-unsaturated/α-hetero) is 1. The van der Waals surface area contributed by atoms with Crippen molar-refractivity contribution < 1.29 is 15.0 Å². The molecule has 0 amide bonds. The molecule has 0 fully saturated rings. The number of alkyl halides is 1. The fraction of sp³-hybridized carbons (Fsp3) is 0.300. The maximum Gasteiger partial charge on any atom is 0.176 e. The molecule has 0 bridgehead atoms. The standard InChI is InChI=1S/C10H11BrO3/c1-2-7(11)10(14)6-3-4-8(12)9(13)5-6/h3-5,7,12-13H,2H2,1H3. The number of rotatable bonds is 3. The summed E-state index contributed by atoms with van der Waals surface area (Å²) in [6.45, 7) is 1.89. The van der Waals surface area contributed by atoms with Crippen molar-refractivity contribution in [1.82, 2.24) is 0 Å². The number of hydrogen-bond donors (Lipinski definition) is 2. The second kappa shape index (κ2) is 4.46. The zero-order chi connectivity index (χ0) is 10.7. The van der Waals surface area contributed by atoms with Crippen LogP contribution in [0, 0.1) is 0 Å². The molecule has 1 rings (SSSR count). The Morgan fingerprint density at radius 2 is 2.07 bits per heavy atom. The number of carbonyl (C=O) groups is 1. The maximum absolute atomic E-state index is 11.6. The molecule has 4 heteroatoms. The minimum atomic E-state index is -0.272. The summed E-state index contributed by atoms with van der Waals surface area (Å²) in [4.78, 5) is 11.4. The molecule has 0 aliphatic heterocycles. The molecule has 0 aromatic heterocycles. The number of ketones is 1. The average molecular weight is 259 g/mol. The fourth-order valence-electron chi connectivity index (χ4n) is 1.04. The predicted octanol–water partition coefficient (Wildman–Crippen LogP) is 2.45. The van der Waals surface area contributed by atoms with Crippen LogP contribution < -0.4 is 0 Å². The number of halogens is 1. The second-order valence-corrected chi connectivity index (χ2v) is 4.05. The molecular weight excluding hydrogens is 248 g/mol. The Morgan fingerprint density at radius 3 is 2.57 bits per heavy atom. The molecule has 76 valence electrons. The van der Waals surface area contributed by atoms with E-state index in [1.54, 1.807) is 0 Å². The molecule has 1 unspecified atom stereocenters. The van der Waals surface area contributed by atoms with Crippen molar-refractivity contribution in [3.63, 3.8) is 0 Å². The second-order valence-electron chi connectivity index (χ2n) is 2.94. The first kappa shape index (κ1) is 11.0. The van der Waals surface area contributed by atoms with Crippen LogP contribution >= 0.6 is 15.9 Å². The Hall–Kier alpha value is -1.03. The minimum absolute atomic E-state index is 0.0946. The quantitative estimate of drug-likeness (QED) is 0.498. The van der Waals surface area contributed by atoms with E-state index in [0.717, 1.165) is 0 Å². The van der Waals surface area contributed by atoms with E-state index in [1.165, 1.54) is 18.2 Å². The van der Waals surface area contributed by atoms with Gasteiger partial charge in [0.1, 0.15) is 0 Å². The number of phenolic OH excluding ortho intramolecular Hbond substituents is 2. The van der Waals surface area contributed by atoms with Crippen LogP contribution in [0.2, 0.25) is 0 Å². The van der Waals surface area contributed by atoms with Gasteiger partial charge in [-0.15, -0.1) is 0 Å². The lowest BCUT2D eigenvalue weighted by atomic mass is 10.1. The average Bonchev–Trinajstić information content (AvgIpc) is 2.20. The van der Waals surface area contributed by atoms with Crippen LogP contribution in [-0.2, 0) is 0 Å². The van der Waals surface area contributed by atoms with Gasteiger partial charge >= 0.3 is 0 Å². The minimum Gasteiger partial charge on any atom is -0.504 e. The summed E-state index contributed by atoms with van der Waals surface area (Å²) in [6.07, 6.45) is 0.681. The molecule has 0 heterocycles. The number of phenols is 2.